The number of carbonyl (C=O) groups is 2. The summed E-state index contributed by atoms with van der Waals surface area (Å²) in [5, 5.41) is 22.5. The monoisotopic (exact) mass is 623 g/mol. The minimum atomic E-state index is -0.667. The van der Waals surface area contributed by atoms with Crippen LogP contribution in [0.1, 0.15) is 83.2 Å². The molecule has 0 radical (unpaired) electrons. The van der Waals surface area contributed by atoms with Crippen LogP contribution >= 0.6 is 0 Å². The number of esters is 1. The van der Waals surface area contributed by atoms with Gasteiger partial charge in [-0.2, -0.15) is 0 Å². The molecule has 1 aromatic heterocycles. The Labute approximate surface area is 269 Å². The maximum Gasteiger partial charge on any atom is 0.328 e. The largest absolute Gasteiger partial charge is 0.467 e. The van der Waals surface area contributed by atoms with E-state index in [-0.39, 0.29) is 30.5 Å². The van der Waals surface area contributed by atoms with Gasteiger partial charge in [-0.1, -0.05) is 89.6 Å². The Balaban J connectivity index is 1.25. The third-order valence-corrected chi connectivity index (χ3v) is 8.62. The molecule has 0 spiro atoms. The summed E-state index contributed by atoms with van der Waals surface area (Å²) in [6, 6.07) is 23.9. The van der Waals surface area contributed by atoms with Crippen molar-refractivity contribution in [2.45, 2.75) is 64.3 Å². The molecule has 5 rings (SSSR count). The summed E-state index contributed by atoms with van der Waals surface area (Å²) in [6.45, 7) is 5.89. The number of aliphatic hydroxyl groups excluding tert-OH is 1. The Morgan fingerprint density at radius 1 is 1.04 bits per heavy atom. The number of aryl methyl sites for hydroxylation is 1. The molecule has 3 unspecified atom stereocenters. The normalized spacial score (nSPS) is 19.5. The van der Waals surface area contributed by atoms with Crippen molar-refractivity contribution in [2.24, 2.45) is 11.1 Å². The van der Waals surface area contributed by atoms with E-state index in [0.717, 1.165) is 28.7 Å². The van der Waals surface area contributed by atoms with E-state index < -0.39 is 18.1 Å². The van der Waals surface area contributed by atoms with E-state index in [1.165, 1.54) is 7.11 Å². The Morgan fingerprint density at radius 2 is 1.76 bits per heavy atom. The zero-order valence-corrected chi connectivity index (χ0v) is 26.7. The van der Waals surface area contributed by atoms with Crippen molar-refractivity contribution in [3.63, 3.8) is 0 Å². The molecule has 10 nitrogen and oxygen atoms in total. The molecule has 1 N–H and O–H groups in total. The van der Waals surface area contributed by atoms with Crippen molar-refractivity contribution in [3.05, 3.63) is 119 Å². The lowest BCUT2D eigenvalue weighted by molar-refractivity contribution is -0.149. The van der Waals surface area contributed by atoms with Crippen molar-refractivity contribution in [3.8, 4) is 0 Å². The maximum atomic E-state index is 14.0. The van der Waals surface area contributed by atoms with Gasteiger partial charge >= 0.3 is 5.97 Å². The number of benzene rings is 3. The van der Waals surface area contributed by atoms with Crippen LogP contribution in [0.3, 0.4) is 0 Å². The Hall–Kier alpha value is -4.83. The van der Waals surface area contributed by atoms with Gasteiger partial charge in [0.05, 0.1) is 38.2 Å². The number of oxime groups is 1. The van der Waals surface area contributed by atoms with Gasteiger partial charge in [0.2, 0.25) is 0 Å². The molecule has 10 heteroatoms. The van der Waals surface area contributed by atoms with E-state index in [9.17, 15) is 14.7 Å². The molecule has 0 saturated carbocycles. The minimum absolute atomic E-state index is 0.0731. The summed E-state index contributed by atoms with van der Waals surface area (Å²) in [5.74, 6) is -0.467. The van der Waals surface area contributed by atoms with Crippen molar-refractivity contribution < 1.29 is 24.3 Å². The lowest BCUT2D eigenvalue weighted by atomic mass is 9.82. The van der Waals surface area contributed by atoms with Crippen LogP contribution in [-0.2, 0) is 20.8 Å². The smallest absolute Gasteiger partial charge is 0.328 e. The van der Waals surface area contributed by atoms with Gasteiger partial charge in [0.15, 0.2) is 6.10 Å². The summed E-state index contributed by atoms with van der Waals surface area (Å²) >= 11 is 0. The molecule has 1 amide bonds. The summed E-state index contributed by atoms with van der Waals surface area (Å²) in [7, 11) is 1.36. The second-order valence-corrected chi connectivity index (χ2v) is 11.9. The maximum absolute atomic E-state index is 14.0. The third kappa shape index (κ3) is 7.51. The molecule has 1 saturated heterocycles. The number of likely N-dealkylation sites (tertiary alicyclic amines) is 1. The zero-order valence-electron chi connectivity index (χ0n) is 26.7. The fourth-order valence-corrected chi connectivity index (χ4v) is 5.95. The van der Waals surface area contributed by atoms with Crippen LogP contribution in [0.15, 0.2) is 90.2 Å². The van der Waals surface area contributed by atoms with Gasteiger partial charge in [-0.3, -0.25) is 4.79 Å². The molecule has 1 aliphatic rings. The number of nitrogens with zero attached hydrogens (tertiary/aromatic N) is 5. The number of methoxy groups -OCH3 is 1. The number of aliphatic hydroxyl groups is 1. The second-order valence-electron chi connectivity index (χ2n) is 11.9. The van der Waals surface area contributed by atoms with Crippen molar-refractivity contribution in [2.75, 3.05) is 13.7 Å². The number of hydrogen-bond acceptors (Lipinski definition) is 8. The number of amides is 1. The average molecular weight is 624 g/mol. The fraction of sp³-hybridized carbons (Fsp3) is 0.361. The van der Waals surface area contributed by atoms with Gasteiger partial charge in [0.1, 0.15) is 11.7 Å². The lowest BCUT2D eigenvalue weighted by Crippen LogP contribution is -2.52. The molecule has 2 heterocycles. The highest BCUT2D eigenvalue weighted by molar-refractivity contribution is 5.98. The van der Waals surface area contributed by atoms with Gasteiger partial charge in [0, 0.05) is 5.56 Å². The summed E-state index contributed by atoms with van der Waals surface area (Å²) in [4.78, 5) is 34.2. The molecule has 0 bridgehead atoms. The van der Waals surface area contributed by atoms with Gasteiger partial charge in [-0.15, -0.1) is 5.10 Å². The van der Waals surface area contributed by atoms with E-state index in [4.69, 9.17) is 9.57 Å². The fourth-order valence-electron chi connectivity index (χ4n) is 5.95. The minimum Gasteiger partial charge on any atom is -0.467 e. The molecule has 3 aromatic carbocycles. The van der Waals surface area contributed by atoms with Crippen LogP contribution < -0.4 is 0 Å². The number of hydrogen-bond donors (Lipinski definition) is 1. The van der Waals surface area contributed by atoms with Crippen LogP contribution in [-0.4, -0.2) is 62.8 Å². The Bertz CT molecular complexity index is 1620. The highest BCUT2D eigenvalue weighted by Crippen LogP contribution is 2.40. The van der Waals surface area contributed by atoms with Crippen LogP contribution in [0.2, 0.25) is 0 Å². The first-order chi connectivity index (χ1) is 22.3. The van der Waals surface area contributed by atoms with Gasteiger partial charge in [-0.05, 0) is 67.9 Å². The van der Waals surface area contributed by atoms with Gasteiger partial charge < -0.3 is 19.6 Å². The molecule has 4 aromatic rings. The highest BCUT2D eigenvalue weighted by atomic mass is 16.6. The SMILES string of the molecule is COC(=O)[C@@H]1CCC(C)[C@@H](c2ccc(C)cc2)N1C(=O)c1ccc(C=NOC(C)c2cn(C(CO)Cc3ccccc3)nn2)cc1. The average Bonchev–Trinajstić information content (AvgIpc) is 3.58. The van der Waals surface area contributed by atoms with Crippen molar-refractivity contribution in [1.82, 2.24) is 19.9 Å². The molecular weight excluding hydrogens is 582 g/mol. The van der Waals surface area contributed by atoms with Gasteiger partial charge in [-0.25, -0.2) is 9.48 Å². The molecule has 46 heavy (non-hydrogen) atoms. The Kier molecular flexibility index (Phi) is 10.6. The number of ether oxygens (including phenoxy) is 1. The quantitative estimate of drug-likeness (QED) is 0.131. The first-order valence-corrected chi connectivity index (χ1v) is 15.6. The van der Waals surface area contributed by atoms with E-state index in [0.29, 0.717) is 24.1 Å². The molecule has 5 atom stereocenters. The van der Waals surface area contributed by atoms with Crippen LogP contribution in [0.5, 0.6) is 0 Å². The first kappa shape index (κ1) is 32.6. The van der Waals surface area contributed by atoms with E-state index in [2.05, 4.69) is 22.4 Å². The van der Waals surface area contributed by atoms with Gasteiger partial charge in [0.25, 0.3) is 5.91 Å². The highest BCUT2D eigenvalue weighted by Gasteiger charge is 2.43. The van der Waals surface area contributed by atoms with Crippen LogP contribution in [0.25, 0.3) is 0 Å². The standard InChI is InChI=1S/C36H41N5O5/c1-24-10-15-29(16-11-24)34-25(2)12-19-33(36(44)45-4)41(34)35(43)30-17-13-28(14-18-30)21-37-46-26(3)32-22-40(39-38-32)31(23-42)20-27-8-6-5-7-9-27/h5-11,13-18,21-22,25-26,31,33-34,42H,12,19-20,23H2,1-4H3/t25?,26?,31?,33-,34-/m0/s1. The number of aromatic nitrogens is 3. The topological polar surface area (TPSA) is 119 Å². The number of piperidine rings is 1. The predicted octanol–water partition coefficient (Wildman–Crippen LogP) is 5.63. The van der Waals surface area contributed by atoms with Crippen molar-refractivity contribution >= 4 is 18.1 Å². The number of carbonyl (C=O) groups excluding carboxylic acids is 2. The number of rotatable bonds is 11. The van der Waals surface area contributed by atoms with Crippen LogP contribution in [0.4, 0.5) is 0 Å². The molecule has 1 aliphatic heterocycles. The molecule has 1 fully saturated rings. The van der Waals surface area contributed by atoms with Crippen molar-refractivity contribution in [1.29, 1.82) is 0 Å². The van der Waals surface area contributed by atoms with E-state index >= 15 is 0 Å². The molecule has 240 valence electrons. The van der Waals surface area contributed by atoms with E-state index in [1.807, 2.05) is 68.4 Å². The molecular formula is C36H41N5O5. The molecule has 0 aliphatic carbocycles. The summed E-state index contributed by atoms with van der Waals surface area (Å²) in [5.41, 5.74) is 5.02. The third-order valence-electron chi connectivity index (χ3n) is 8.62. The summed E-state index contributed by atoms with van der Waals surface area (Å²) in [6.07, 6.45) is 4.83. The predicted molar refractivity (Wildman–Crippen MR) is 174 cm³/mol. The Morgan fingerprint density at radius 3 is 2.43 bits per heavy atom. The zero-order chi connectivity index (χ0) is 32.6. The van der Waals surface area contributed by atoms with Crippen LogP contribution in [0, 0.1) is 12.8 Å². The first-order valence-electron chi connectivity index (χ1n) is 15.6. The van der Waals surface area contributed by atoms with E-state index in [1.54, 1.807) is 46.3 Å². The summed E-state index contributed by atoms with van der Waals surface area (Å²) < 4.78 is 6.77. The second kappa shape index (κ2) is 15.0. The lowest BCUT2D eigenvalue weighted by Gasteiger charge is -2.44.